The van der Waals surface area contributed by atoms with Crippen molar-refractivity contribution in [2.24, 2.45) is 5.92 Å². The first-order valence-electron chi connectivity index (χ1n) is 9.47. The van der Waals surface area contributed by atoms with Crippen LogP contribution in [-0.4, -0.2) is 61.1 Å². The minimum absolute atomic E-state index is 0.120. The van der Waals surface area contributed by atoms with Crippen LogP contribution in [0.5, 0.6) is 5.75 Å². The zero-order valence-corrected chi connectivity index (χ0v) is 15.3. The average molecular weight is 358 g/mol. The number of ether oxygens (including phenoxy) is 2. The van der Waals surface area contributed by atoms with E-state index in [-0.39, 0.29) is 23.8 Å². The quantitative estimate of drug-likeness (QED) is 0.824. The number of nitrogens with zero attached hydrogens (tertiary/aromatic N) is 2. The molecule has 0 aromatic heterocycles. The van der Waals surface area contributed by atoms with E-state index in [0.29, 0.717) is 39.3 Å². The standard InChI is InChI=1S/C20H26N2O4/c1-25-18-3-2-15-12-21(7-4-14(15)10-18)20(24)16-11-19(23)22(13-16)17-5-8-26-9-6-17/h2-3,10,16-17H,4-9,11-13H2,1H3. The van der Waals surface area contributed by atoms with Gasteiger partial charge in [0, 0.05) is 45.3 Å². The molecule has 4 rings (SSSR count). The molecule has 1 aromatic carbocycles. The van der Waals surface area contributed by atoms with Crippen molar-refractivity contribution in [3.8, 4) is 5.75 Å². The van der Waals surface area contributed by atoms with E-state index < -0.39 is 0 Å². The van der Waals surface area contributed by atoms with E-state index in [4.69, 9.17) is 9.47 Å². The minimum atomic E-state index is -0.204. The predicted molar refractivity (Wildman–Crippen MR) is 95.8 cm³/mol. The van der Waals surface area contributed by atoms with Crippen molar-refractivity contribution in [2.45, 2.75) is 38.3 Å². The number of likely N-dealkylation sites (tertiary alicyclic amines) is 1. The number of fused-ring (bicyclic) bond motifs is 1. The molecule has 140 valence electrons. The third-order valence-electron chi connectivity index (χ3n) is 5.88. The molecule has 1 aromatic rings. The first kappa shape index (κ1) is 17.3. The van der Waals surface area contributed by atoms with Crippen LogP contribution in [-0.2, 0) is 27.3 Å². The van der Waals surface area contributed by atoms with Gasteiger partial charge in [0.25, 0.3) is 0 Å². The van der Waals surface area contributed by atoms with E-state index >= 15 is 0 Å². The largest absolute Gasteiger partial charge is 0.497 e. The lowest BCUT2D eigenvalue weighted by Gasteiger charge is -2.33. The third-order valence-corrected chi connectivity index (χ3v) is 5.88. The summed E-state index contributed by atoms with van der Waals surface area (Å²) in [6.07, 6.45) is 2.95. The maximum Gasteiger partial charge on any atom is 0.228 e. The number of methoxy groups -OCH3 is 1. The Bertz CT molecular complexity index is 699. The lowest BCUT2D eigenvalue weighted by Crippen LogP contribution is -2.43. The zero-order chi connectivity index (χ0) is 18.1. The van der Waals surface area contributed by atoms with E-state index in [1.165, 1.54) is 11.1 Å². The fourth-order valence-corrected chi connectivity index (χ4v) is 4.35. The van der Waals surface area contributed by atoms with Crippen LogP contribution in [0.25, 0.3) is 0 Å². The van der Waals surface area contributed by atoms with Crippen molar-refractivity contribution >= 4 is 11.8 Å². The number of carbonyl (C=O) groups excluding carboxylic acids is 2. The monoisotopic (exact) mass is 358 g/mol. The highest BCUT2D eigenvalue weighted by molar-refractivity contribution is 5.89. The van der Waals surface area contributed by atoms with Gasteiger partial charge in [-0.15, -0.1) is 0 Å². The summed E-state index contributed by atoms with van der Waals surface area (Å²) < 4.78 is 10.7. The second-order valence-electron chi connectivity index (χ2n) is 7.44. The van der Waals surface area contributed by atoms with Crippen molar-refractivity contribution < 1.29 is 19.1 Å². The van der Waals surface area contributed by atoms with Crippen LogP contribution in [0.4, 0.5) is 0 Å². The Labute approximate surface area is 154 Å². The van der Waals surface area contributed by atoms with Gasteiger partial charge in [-0.3, -0.25) is 9.59 Å². The Hall–Kier alpha value is -2.08. The van der Waals surface area contributed by atoms with E-state index in [9.17, 15) is 9.59 Å². The second-order valence-corrected chi connectivity index (χ2v) is 7.44. The molecule has 26 heavy (non-hydrogen) atoms. The van der Waals surface area contributed by atoms with Crippen LogP contribution in [0, 0.1) is 5.92 Å². The summed E-state index contributed by atoms with van der Waals surface area (Å²) >= 11 is 0. The van der Waals surface area contributed by atoms with Crippen molar-refractivity contribution in [1.82, 2.24) is 9.80 Å². The van der Waals surface area contributed by atoms with Gasteiger partial charge in [0.15, 0.2) is 0 Å². The predicted octanol–water partition coefficient (Wildman–Crippen LogP) is 1.61. The maximum atomic E-state index is 13.0. The Morgan fingerprint density at radius 2 is 2.04 bits per heavy atom. The first-order valence-corrected chi connectivity index (χ1v) is 9.47. The van der Waals surface area contributed by atoms with Crippen LogP contribution < -0.4 is 4.74 Å². The molecule has 1 atom stereocenters. The van der Waals surface area contributed by atoms with Gasteiger partial charge in [0.2, 0.25) is 11.8 Å². The molecule has 3 aliphatic heterocycles. The van der Waals surface area contributed by atoms with Gasteiger partial charge in [0.1, 0.15) is 5.75 Å². The normalized spacial score (nSPS) is 23.9. The van der Waals surface area contributed by atoms with Crippen molar-refractivity contribution in [2.75, 3.05) is 33.4 Å². The van der Waals surface area contributed by atoms with Gasteiger partial charge < -0.3 is 19.3 Å². The molecule has 2 amide bonds. The second kappa shape index (κ2) is 7.27. The molecule has 6 heteroatoms. The summed E-state index contributed by atoms with van der Waals surface area (Å²) in [5, 5.41) is 0. The van der Waals surface area contributed by atoms with Gasteiger partial charge in [0.05, 0.1) is 13.0 Å². The van der Waals surface area contributed by atoms with Crippen molar-refractivity contribution in [3.05, 3.63) is 29.3 Å². The molecular weight excluding hydrogens is 332 g/mol. The Balaban J connectivity index is 1.41. The minimum Gasteiger partial charge on any atom is -0.497 e. The Kier molecular flexibility index (Phi) is 4.85. The Morgan fingerprint density at radius 3 is 2.81 bits per heavy atom. The number of hydrogen-bond donors (Lipinski definition) is 0. The third kappa shape index (κ3) is 3.30. The van der Waals surface area contributed by atoms with Crippen LogP contribution >= 0.6 is 0 Å². The fourth-order valence-electron chi connectivity index (χ4n) is 4.35. The highest BCUT2D eigenvalue weighted by Crippen LogP contribution is 2.29. The maximum absolute atomic E-state index is 13.0. The SMILES string of the molecule is COc1ccc2c(c1)CCN(C(=O)C1CC(=O)N(C3CCOCC3)C1)C2. The summed E-state index contributed by atoms with van der Waals surface area (Å²) in [6, 6.07) is 6.28. The van der Waals surface area contributed by atoms with Crippen LogP contribution in [0.3, 0.4) is 0 Å². The lowest BCUT2D eigenvalue weighted by molar-refractivity contribution is -0.136. The lowest BCUT2D eigenvalue weighted by atomic mass is 9.97. The van der Waals surface area contributed by atoms with Gasteiger partial charge >= 0.3 is 0 Å². The topological polar surface area (TPSA) is 59.1 Å². The van der Waals surface area contributed by atoms with Gasteiger partial charge in [-0.25, -0.2) is 0 Å². The van der Waals surface area contributed by atoms with E-state index in [1.807, 2.05) is 21.9 Å². The molecule has 3 aliphatic rings. The first-order chi connectivity index (χ1) is 12.7. The summed E-state index contributed by atoms with van der Waals surface area (Å²) in [4.78, 5) is 29.3. The summed E-state index contributed by atoms with van der Waals surface area (Å²) in [6.45, 7) is 3.31. The van der Waals surface area contributed by atoms with E-state index in [1.54, 1.807) is 7.11 Å². The van der Waals surface area contributed by atoms with Gasteiger partial charge in [-0.05, 0) is 42.5 Å². The molecule has 0 spiro atoms. The van der Waals surface area contributed by atoms with Gasteiger partial charge in [-0.2, -0.15) is 0 Å². The smallest absolute Gasteiger partial charge is 0.228 e. The highest BCUT2D eigenvalue weighted by Gasteiger charge is 2.40. The molecular formula is C20H26N2O4. The van der Waals surface area contributed by atoms with Crippen LogP contribution in [0.15, 0.2) is 18.2 Å². The molecule has 1 unspecified atom stereocenters. The molecule has 6 nitrogen and oxygen atoms in total. The highest BCUT2D eigenvalue weighted by atomic mass is 16.5. The zero-order valence-electron chi connectivity index (χ0n) is 15.3. The molecule has 0 radical (unpaired) electrons. The number of hydrogen-bond acceptors (Lipinski definition) is 4. The molecule has 0 saturated carbocycles. The molecule has 2 fully saturated rings. The van der Waals surface area contributed by atoms with Crippen molar-refractivity contribution in [3.63, 3.8) is 0 Å². The van der Waals surface area contributed by atoms with E-state index in [2.05, 4.69) is 6.07 Å². The molecule has 0 N–H and O–H groups in total. The molecule has 2 saturated heterocycles. The van der Waals surface area contributed by atoms with Crippen molar-refractivity contribution in [1.29, 1.82) is 0 Å². The number of benzene rings is 1. The van der Waals surface area contributed by atoms with Crippen LogP contribution in [0.1, 0.15) is 30.4 Å². The van der Waals surface area contributed by atoms with Gasteiger partial charge in [-0.1, -0.05) is 6.07 Å². The molecule has 3 heterocycles. The number of carbonyl (C=O) groups is 2. The number of rotatable bonds is 3. The average Bonchev–Trinajstić information content (AvgIpc) is 3.09. The summed E-state index contributed by atoms with van der Waals surface area (Å²) in [5.41, 5.74) is 2.43. The van der Waals surface area contributed by atoms with Crippen LogP contribution in [0.2, 0.25) is 0 Å². The molecule has 0 bridgehead atoms. The Morgan fingerprint density at radius 1 is 1.23 bits per heavy atom. The molecule has 0 aliphatic carbocycles. The summed E-state index contributed by atoms with van der Waals surface area (Å²) in [7, 11) is 1.67. The number of amides is 2. The summed E-state index contributed by atoms with van der Waals surface area (Å²) in [5.74, 6) is 0.897. The fraction of sp³-hybridized carbons (Fsp3) is 0.600. The van der Waals surface area contributed by atoms with E-state index in [0.717, 1.165) is 25.0 Å².